The fraction of sp³-hybridized carbons (Fsp3) is 0.958. The Hall–Kier alpha value is -0.650. The molecule has 0 saturated heterocycles. The summed E-state index contributed by atoms with van der Waals surface area (Å²) >= 11 is 0. The normalized spacial score (nSPS) is 52.9. The summed E-state index contributed by atoms with van der Waals surface area (Å²) in [4.78, 5) is 10.9. The number of aliphatic hydroxyl groups excluding tert-OH is 3. The molecular formula is C24H39O5-. The third-order valence-corrected chi connectivity index (χ3v) is 10.3. The van der Waals surface area contributed by atoms with E-state index < -0.39 is 18.2 Å². The molecule has 0 radical (unpaired) electrons. The van der Waals surface area contributed by atoms with Crippen molar-refractivity contribution >= 4 is 5.97 Å². The van der Waals surface area contributed by atoms with Gasteiger partial charge in [0, 0.05) is 5.97 Å². The van der Waals surface area contributed by atoms with Gasteiger partial charge in [0.1, 0.15) is 0 Å². The quantitative estimate of drug-likeness (QED) is 0.663. The van der Waals surface area contributed by atoms with E-state index in [0.717, 1.165) is 25.7 Å². The summed E-state index contributed by atoms with van der Waals surface area (Å²) in [5.41, 5.74) is -0.0844. The van der Waals surface area contributed by atoms with Crippen LogP contribution in [-0.4, -0.2) is 39.6 Å². The maximum Gasteiger partial charge on any atom is 0.0623 e. The van der Waals surface area contributed by atoms with Crippen molar-refractivity contribution in [1.29, 1.82) is 0 Å². The fourth-order valence-corrected chi connectivity index (χ4v) is 8.79. The van der Waals surface area contributed by atoms with Gasteiger partial charge in [0.05, 0.1) is 18.3 Å². The number of hydrogen-bond donors (Lipinski definition) is 3. The van der Waals surface area contributed by atoms with Crippen LogP contribution in [0.5, 0.6) is 0 Å². The molecule has 3 N–H and O–H groups in total. The number of rotatable bonds is 4. The molecule has 0 heterocycles. The SMILES string of the molecule is C[C@H](CCC(=O)[O-])[C@H]1CC[C@H]2[C@@H]3[C@H](O)C[C@@H]4C[C@H](O)C[C@@H](O)[C@]4(C)[C@H]3CC[C@]12C. The molecule has 0 aromatic heterocycles. The minimum atomic E-state index is -0.963. The zero-order valence-electron chi connectivity index (χ0n) is 18.2. The Morgan fingerprint density at radius 3 is 2.48 bits per heavy atom. The Kier molecular flexibility index (Phi) is 5.57. The molecule has 29 heavy (non-hydrogen) atoms. The highest BCUT2D eigenvalue weighted by molar-refractivity contribution is 5.64. The van der Waals surface area contributed by atoms with Gasteiger partial charge in [-0.2, -0.15) is 0 Å². The predicted octanol–water partition coefficient (Wildman–Crippen LogP) is 2.11. The molecule has 166 valence electrons. The lowest BCUT2D eigenvalue weighted by Crippen LogP contribution is -2.62. The summed E-state index contributed by atoms with van der Waals surface area (Å²) in [6.07, 6.45) is 5.60. The maximum atomic E-state index is 11.2. The van der Waals surface area contributed by atoms with Gasteiger partial charge in [-0.25, -0.2) is 0 Å². The fourth-order valence-electron chi connectivity index (χ4n) is 8.79. The predicted molar refractivity (Wildman–Crippen MR) is 107 cm³/mol. The lowest BCUT2D eigenvalue weighted by Gasteiger charge is -2.63. The van der Waals surface area contributed by atoms with Crippen LogP contribution < -0.4 is 5.11 Å². The summed E-state index contributed by atoms with van der Waals surface area (Å²) in [5, 5.41) is 43.4. The van der Waals surface area contributed by atoms with Gasteiger partial charge in [0.15, 0.2) is 0 Å². The molecule has 4 fully saturated rings. The van der Waals surface area contributed by atoms with Gasteiger partial charge in [0.25, 0.3) is 0 Å². The average Bonchev–Trinajstić information content (AvgIpc) is 2.99. The Morgan fingerprint density at radius 2 is 1.79 bits per heavy atom. The van der Waals surface area contributed by atoms with Crippen LogP contribution in [0.25, 0.3) is 0 Å². The van der Waals surface area contributed by atoms with E-state index in [9.17, 15) is 25.2 Å². The van der Waals surface area contributed by atoms with E-state index in [-0.39, 0.29) is 35.2 Å². The Morgan fingerprint density at radius 1 is 1.07 bits per heavy atom. The van der Waals surface area contributed by atoms with Crippen LogP contribution in [0, 0.1) is 46.3 Å². The molecule has 0 unspecified atom stereocenters. The van der Waals surface area contributed by atoms with E-state index in [1.165, 1.54) is 0 Å². The second-order valence-corrected chi connectivity index (χ2v) is 11.4. The summed E-state index contributed by atoms with van der Waals surface area (Å²) in [6.45, 7) is 6.78. The lowest BCUT2D eigenvalue weighted by molar-refractivity contribution is -0.306. The molecular weight excluding hydrogens is 368 g/mol. The van der Waals surface area contributed by atoms with Gasteiger partial charge in [-0.15, -0.1) is 0 Å². The van der Waals surface area contributed by atoms with Gasteiger partial charge >= 0.3 is 0 Å². The van der Waals surface area contributed by atoms with Crippen LogP contribution in [-0.2, 0) is 4.79 Å². The van der Waals surface area contributed by atoms with Crippen LogP contribution in [0.3, 0.4) is 0 Å². The number of carboxylic acid groups (broad SMARTS) is 1. The van der Waals surface area contributed by atoms with Crippen molar-refractivity contribution in [3.05, 3.63) is 0 Å². The van der Waals surface area contributed by atoms with Crippen molar-refractivity contribution in [2.75, 3.05) is 0 Å². The molecule has 0 bridgehead atoms. The largest absolute Gasteiger partial charge is 0.550 e. The highest BCUT2D eigenvalue weighted by Crippen LogP contribution is 2.68. The molecule has 0 spiro atoms. The Bertz CT molecular complexity index is 637. The maximum absolute atomic E-state index is 11.2. The van der Waals surface area contributed by atoms with Crippen LogP contribution in [0.1, 0.15) is 78.6 Å². The molecule has 0 aromatic carbocycles. The van der Waals surface area contributed by atoms with Gasteiger partial charge in [0.2, 0.25) is 0 Å². The van der Waals surface area contributed by atoms with Crippen LogP contribution >= 0.6 is 0 Å². The Labute approximate surface area is 174 Å². The van der Waals surface area contributed by atoms with Gasteiger partial charge in [-0.05, 0) is 104 Å². The second-order valence-electron chi connectivity index (χ2n) is 11.4. The third-order valence-electron chi connectivity index (χ3n) is 10.3. The van der Waals surface area contributed by atoms with E-state index in [4.69, 9.17) is 0 Å². The van der Waals surface area contributed by atoms with E-state index in [0.29, 0.717) is 49.4 Å². The zero-order chi connectivity index (χ0) is 21.1. The van der Waals surface area contributed by atoms with Crippen LogP contribution in [0.4, 0.5) is 0 Å². The number of aliphatic hydroxyl groups is 3. The summed E-state index contributed by atoms with van der Waals surface area (Å²) in [5.74, 6) is 0.995. The summed E-state index contributed by atoms with van der Waals surface area (Å²) in [7, 11) is 0. The van der Waals surface area contributed by atoms with E-state index in [2.05, 4.69) is 20.8 Å². The van der Waals surface area contributed by atoms with Crippen molar-refractivity contribution in [2.24, 2.45) is 46.3 Å². The van der Waals surface area contributed by atoms with E-state index in [1.54, 1.807) is 0 Å². The van der Waals surface area contributed by atoms with Crippen molar-refractivity contribution in [3.63, 3.8) is 0 Å². The average molecular weight is 408 g/mol. The van der Waals surface area contributed by atoms with E-state index in [1.807, 2.05) is 0 Å². The number of fused-ring (bicyclic) bond motifs is 5. The smallest absolute Gasteiger partial charge is 0.0623 e. The highest BCUT2D eigenvalue weighted by atomic mass is 16.4. The van der Waals surface area contributed by atoms with Crippen LogP contribution in [0.15, 0.2) is 0 Å². The number of aliphatic carboxylic acids is 1. The monoisotopic (exact) mass is 407 g/mol. The lowest BCUT2D eigenvalue weighted by atomic mass is 9.43. The highest BCUT2D eigenvalue weighted by Gasteiger charge is 2.64. The van der Waals surface area contributed by atoms with Crippen molar-refractivity contribution in [2.45, 2.75) is 96.9 Å². The van der Waals surface area contributed by atoms with Crippen molar-refractivity contribution in [3.8, 4) is 0 Å². The zero-order valence-corrected chi connectivity index (χ0v) is 18.2. The molecule has 0 aromatic rings. The molecule has 0 amide bonds. The number of hydrogen-bond acceptors (Lipinski definition) is 5. The van der Waals surface area contributed by atoms with Gasteiger partial charge < -0.3 is 25.2 Å². The molecule has 11 atom stereocenters. The molecule has 4 saturated carbocycles. The third kappa shape index (κ3) is 3.27. The first-order valence-electron chi connectivity index (χ1n) is 11.8. The van der Waals surface area contributed by atoms with Gasteiger partial charge in [-0.1, -0.05) is 20.8 Å². The number of carbonyl (C=O) groups excluding carboxylic acids is 1. The first-order chi connectivity index (χ1) is 13.6. The molecule has 4 aliphatic carbocycles. The van der Waals surface area contributed by atoms with Crippen molar-refractivity contribution in [1.82, 2.24) is 0 Å². The minimum absolute atomic E-state index is 0.126. The summed E-state index contributed by atoms with van der Waals surface area (Å²) < 4.78 is 0. The second kappa shape index (κ2) is 7.49. The number of carbonyl (C=O) groups is 1. The van der Waals surface area contributed by atoms with Crippen LogP contribution in [0.2, 0.25) is 0 Å². The molecule has 0 aliphatic heterocycles. The molecule has 4 rings (SSSR count). The summed E-state index contributed by atoms with van der Waals surface area (Å²) in [6, 6.07) is 0. The molecule has 5 heteroatoms. The molecule has 5 nitrogen and oxygen atoms in total. The standard InChI is InChI=1S/C24H40O5/c1-13(4-7-21(28)29)16-5-6-17-22-18(8-9-23(16,17)2)24(3)14(11-19(22)26)10-15(25)12-20(24)27/h13-20,22,25-27H,4-12H2,1-3H3,(H,28,29)/p-1/t13-,14+,15+,16-,17+,18+,19-,20-,22+,23-,24+/m1/s1. The Balaban J connectivity index is 1.58. The minimum Gasteiger partial charge on any atom is -0.550 e. The van der Waals surface area contributed by atoms with Gasteiger partial charge in [-0.3, -0.25) is 0 Å². The topological polar surface area (TPSA) is 101 Å². The first kappa shape index (κ1) is 21.6. The number of carboxylic acids is 1. The van der Waals surface area contributed by atoms with E-state index >= 15 is 0 Å². The van der Waals surface area contributed by atoms with Crippen molar-refractivity contribution < 1.29 is 25.2 Å². The molecule has 4 aliphatic rings. The first-order valence-corrected chi connectivity index (χ1v) is 11.8.